The van der Waals surface area contributed by atoms with Crippen molar-refractivity contribution in [2.45, 2.75) is 25.9 Å². The van der Waals surface area contributed by atoms with E-state index in [0.717, 1.165) is 5.76 Å². The van der Waals surface area contributed by atoms with Gasteiger partial charge in [0.1, 0.15) is 11.5 Å². The second-order valence-corrected chi connectivity index (χ2v) is 8.62. The Morgan fingerprint density at radius 1 is 1.44 bits per heavy atom. The number of nitrogens with zero attached hydrogens (tertiary/aromatic N) is 3. The van der Waals surface area contributed by atoms with Crippen molar-refractivity contribution in [1.29, 1.82) is 0 Å². The highest BCUT2D eigenvalue weighted by atomic mass is 32.2. The summed E-state index contributed by atoms with van der Waals surface area (Å²) in [6.45, 7) is 3.82. The van der Waals surface area contributed by atoms with E-state index in [1.54, 1.807) is 29.0 Å². The van der Waals surface area contributed by atoms with Gasteiger partial charge < -0.3 is 14.6 Å². The molecule has 9 heteroatoms. The number of urea groups is 1. The van der Waals surface area contributed by atoms with E-state index in [4.69, 9.17) is 4.42 Å². The van der Waals surface area contributed by atoms with Crippen LogP contribution in [0.3, 0.4) is 0 Å². The molecule has 0 unspecified atom stereocenters. The standard InChI is InChI=1S/C16H22N4O4S/c1-11-4-5-15(24-11)12(2)18-16(21)20-6-7-25(22,23)10-14(20)13-8-17-19(3)9-13/h4-5,8-9,12,14H,6-7,10H2,1-3H3,(H,18,21)/t12-,14+/m1/s1. The topological polar surface area (TPSA) is 97.4 Å². The number of carbonyl (C=O) groups is 1. The Labute approximate surface area is 146 Å². The van der Waals surface area contributed by atoms with Crippen LogP contribution < -0.4 is 5.32 Å². The number of rotatable bonds is 3. The predicted octanol–water partition coefficient (Wildman–Crippen LogP) is 1.56. The fraction of sp³-hybridized carbons (Fsp3) is 0.500. The van der Waals surface area contributed by atoms with Crippen LogP contribution in [0, 0.1) is 6.92 Å². The normalized spacial score (nSPS) is 21.1. The first kappa shape index (κ1) is 17.5. The molecule has 1 aliphatic heterocycles. The summed E-state index contributed by atoms with van der Waals surface area (Å²) in [5, 5.41) is 6.98. The molecule has 0 aromatic carbocycles. The fourth-order valence-corrected chi connectivity index (χ4v) is 4.46. The van der Waals surface area contributed by atoms with Gasteiger partial charge in [0.05, 0.1) is 29.8 Å². The Morgan fingerprint density at radius 3 is 2.80 bits per heavy atom. The number of aryl methyl sites for hydroxylation is 2. The van der Waals surface area contributed by atoms with Crippen molar-refractivity contribution in [2.75, 3.05) is 18.1 Å². The molecule has 2 aromatic rings. The third-order valence-electron chi connectivity index (χ3n) is 4.33. The molecule has 0 bridgehead atoms. The smallest absolute Gasteiger partial charge is 0.318 e. The first-order chi connectivity index (χ1) is 11.7. The number of furan rings is 1. The Balaban J connectivity index is 1.79. The maximum atomic E-state index is 12.7. The van der Waals surface area contributed by atoms with E-state index in [2.05, 4.69) is 10.4 Å². The van der Waals surface area contributed by atoms with Gasteiger partial charge in [-0.25, -0.2) is 13.2 Å². The van der Waals surface area contributed by atoms with Crippen LogP contribution in [0.1, 0.15) is 36.1 Å². The molecular weight excluding hydrogens is 344 g/mol. The quantitative estimate of drug-likeness (QED) is 0.889. The molecule has 8 nitrogen and oxygen atoms in total. The molecule has 0 spiro atoms. The predicted molar refractivity (Wildman–Crippen MR) is 91.7 cm³/mol. The lowest BCUT2D eigenvalue weighted by Gasteiger charge is -2.35. The Kier molecular flexibility index (Phi) is 4.59. The Morgan fingerprint density at radius 2 is 2.20 bits per heavy atom. The summed E-state index contributed by atoms with van der Waals surface area (Å²) >= 11 is 0. The molecule has 1 N–H and O–H groups in total. The van der Waals surface area contributed by atoms with Crippen LogP contribution in [-0.2, 0) is 16.9 Å². The minimum Gasteiger partial charge on any atom is -0.464 e. The van der Waals surface area contributed by atoms with E-state index < -0.39 is 15.9 Å². The van der Waals surface area contributed by atoms with Gasteiger partial charge >= 0.3 is 6.03 Å². The summed E-state index contributed by atoms with van der Waals surface area (Å²) in [5.41, 5.74) is 0.711. The van der Waals surface area contributed by atoms with E-state index in [1.165, 1.54) is 0 Å². The maximum Gasteiger partial charge on any atom is 0.318 e. The lowest BCUT2D eigenvalue weighted by atomic mass is 10.1. The Hall–Kier alpha value is -2.29. The van der Waals surface area contributed by atoms with Crippen LogP contribution in [0.5, 0.6) is 0 Å². The van der Waals surface area contributed by atoms with Gasteiger partial charge in [-0.05, 0) is 26.0 Å². The number of carbonyl (C=O) groups excluding carboxylic acids is 1. The average molecular weight is 366 g/mol. The van der Waals surface area contributed by atoms with Gasteiger partial charge in [-0.1, -0.05) is 0 Å². The molecule has 25 heavy (non-hydrogen) atoms. The minimum atomic E-state index is -3.19. The van der Waals surface area contributed by atoms with Crippen molar-refractivity contribution in [2.24, 2.45) is 7.05 Å². The highest BCUT2D eigenvalue weighted by molar-refractivity contribution is 7.91. The second kappa shape index (κ2) is 6.55. The third-order valence-corrected chi connectivity index (χ3v) is 5.96. The summed E-state index contributed by atoms with van der Waals surface area (Å²) < 4.78 is 31.2. The molecule has 2 amide bonds. The lowest BCUT2D eigenvalue weighted by Crippen LogP contribution is -2.50. The van der Waals surface area contributed by atoms with Crippen LogP contribution in [0.15, 0.2) is 28.9 Å². The highest BCUT2D eigenvalue weighted by Crippen LogP contribution is 2.27. The summed E-state index contributed by atoms with van der Waals surface area (Å²) in [6.07, 6.45) is 3.34. The summed E-state index contributed by atoms with van der Waals surface area (Å²) in [4.78, 5) is 14.3. The molecule has 1 aliphatic rings. The number of hydrogen-bond acceptors (Lipinski definition) is 5. The van der Waals surface area contributed by atoms with Gasteiger partial charge in [0.15, 0.2) is 9.84 Å². The van der Waals surface area contributed by atoms with Crippen LogP contribution >= 0.6 is 0 Å². The number of sulfone groups is 1. The average Bonchev–Trinajstić information content (AvgIpc) is 3.14. The molecule has 3 heterocycles. The molecule has 136 valence electrons. The van der Waals surface area contributed by atoms with Crippen molar-refractivity contribution in [1.82, 2.24) is 20.0 Å². The van der Waals surface area contributed by atoms with Crippen LogP contribution in [0.2, 0.25) is 0 Å². The maximum absolute atomic E-state index is 12.7. The van der Waals surface area contributed by atoms with E-state index in [0.29, 0.717) is 11.3 Å². The zero-order valence-electron chi connectivity index (χ0n) is 14.5. The number of hydrogen-bond donors (Lipinski definition) is 1. The van der Waals surface area contributed by atoms with Gasteiger partial charge in [-0.2, -0.15) is 5.10 Å². The number of aromatic nitrogens is 2. The van der Waals surface area contributed by atoms with E-state index >= 15 is 0 Å². The Bertz CT molecular complexity index is 870. The minimum absolute atomic E-state index is 0.0363. The first-order valence-corrected chi connectivity index (χ1v) is 9.90. The van der Waals surface area contributed by atoms with Crippen LogP contribution in [0.4, 0.5) is 4.79 Å². The summed E-state index contributed by atoms with van der Waals surface area (Å²) in [7, 11) is -1.44. The largest absolute Gasteiger partial charge is 0.464 e. The lowest BCUT2D eigenvalue weighted by molar-refractivity contribution is 0.176. The SMILES string of the molecule is Cc1ccc([C@@H](C)NC(=O)N2CCS(=O)(=O)C[C@H]2c2cnn(C)c2)o1. The molecule has 0 aliphatic carbocycles. The van der Waals surface area contributed by atoms with Crippen LogP contribution in [0.25, 0.3) is 0 Å². The highest BCUT2D eigenvalue weighted by Gasteiger charge is 2.36. The third kappa shape index (κ3) is 3.87. The number of amides is 2. The van der Waals surface area contributed by atoms with Crippen molar-refractivity contribution in [3.05, 3.63) is 41.6 Å². The van der Waals surface area contributed by atoms with E-state index in [1.807, 2.05) is 26.0 Å². The van der Waals surface area contributed by atoms with Crippen molar-refractivity contribution in [3.63, 3.8) is 0 Å². The molecule has 2 atom stereocenters. The van der Waals surface area contributed by atoms with Gasteiger partial charge in [-0.3, -0.25) is 4.68 Å². The second-order valence-electron chi connectivity index (χ2n) is 6.39. The molecule has 0 radical (unpaired) electrons. The van der Waals surface area contributed by atoms with E-state index in [-0.39, 0.29) is 30.1 Å². The molecule has 3 rings (SSSR count). The van der Waals surface area contributed by atoms with Crippen molar-refractivity contribution < 1.29 is 17.6 Å². The van der Waals surface area contributed by atoms with Crippen LogP contribution in [-0.4, -0.2) is 47.2 Å². The molecule has 1 fully saturated rings. The molecular formula is C16H22N4O4S. The monoisotopic (exact) mass is 366 g/mol. The van der Waals surface area contributed by atoms with Gasteiger partial charge in [0.2, 0.25) is 0 Å². The zero-order chi connectivity index (χ0) is 18.2. The zero-order valence-corrected chi connectivity index (χ0v) is 15.3. The van der Waals surface area contributed by atoms with Gasteiger partial charge in [0.25, 0.3) is 0 Å². The summed E-state index contributed by atoms with van der Waals surface area (Å²) in [6, 6.07) is 2.49. The summed E-state index contributed by atoms with van der Waals surface area (Å²) in [5.74, 6) is 1.30. The van der Waals surface area contributed by atoms with Gasteiger partial charge in [-0.15, -0.1) is 0 Å². The number of nitrogens with one attached hydrogen (secondary N) is 1. The van der Waals surface area contributed by atoms with Crippen molar-refractivity contribution in [3.8, 4) is 0 Å². The van der Waals surface area contributed by atoms with Crippen molar-refractivity contribution >= 4 is 15.9 Å². The first-order valence-electron chi connectivity index (χ1n) is 8.07. The van der Waals surface area contributed by atoms with E-state index in [9.17, 15) is 13.2 Å². The molecule has 1 saturated heterocycles. The fourth-order valence-electron chi connectivity index (χ4n) is 2.96. The molecule has 0 saturated carbocycles. The molecule has 2 aromatic heterocycles. The van der Waals surface area contributed by atoms with Gasteiger partial charge in [0, 0.05) is 25.4 Å².